The molecule has 0 aliphatic carbocycles. The number of thioether (sulfide) groups is 1. The number of carbonyl (C=O) groups excluding carboxylic acids is 3. The van der Waals surface area contributed by atoms with Crippen LogP contribution in [0, 0.1) is 0 Å². The molecule has 2 aromatic heterocycles. The van der Waals surface area contributed by atoms with Crippen LogP contribution in [-0.4, -0.2) is 86.7 Å². The van der Waals surface area contributed by atoms with Crippen molar-refractivity contribution in [2.45, 2.75) is 43.4 Å². The van der Waals surface area contributed by atoms with E-state index in [4.69, 9.17) is 5.73 Å². The maximum atomic E-state index is 13.6. The molecule has 3 amide bonds. The van der Waals surface area contributed by atoms with Crippen LogP contribution in [-0.2, 0) is 32.0 Å². The lowest BCUT2D eigenvalue weighted by Crippen LogP contribution is -2.58. The topological polar surface area (TPSA) is 202 Å². The van der Waals surface area contributed by atoms with Gasteiger partial charge in [0.1, 0.15) is 18.1 Å². The molecule has 0 bridgehead atoms. The number of rotatable bonds is 15. The number of aliphatic hydroxyl groups is 1. The average Bonchev–Trinajstić information content (AvgIpc) is 3.61. The van der Waals surface area contributed by atoms with E-state index in [1.54, 1.807) is 12.4 Å². The molecular weight excluding hydrogens is 572 g/mol. The fourth-order valence-electron chi connectivity index (χ4n) is 4.87. The zero-order valence-electron chi connectivity index (χ0n) is 23.6. The van der Waals surface area contributed by atoms with E-state index < -0.39 is 54.5 Å². The van der Waals surface area contributed by atoms with Crippen LogP contribution < -0.4 is 21.7 Å². The number of nitrogens with two attached hydrogens (primary N) is 1. The molecule has 0 saturated carbocycles. The van der Waals surface area contributed by atoms with Gasteiger partial charge in [0.25, 0.3) is 0 Å². The van der Waals surface area contributed by atoms with Gasteiger partial charge in [-0.1, -0.05) is 36.4 Å². The van der Waals surface area contributed by atoms with Gasteiger partial charge in [-0.25, -0.2) is 4.79 Å². The summed E-state index contributed by atoms with van der Waals surface area (Å²) in [5.74, 6) is -2.79. The average molecular weight is 609 g/mol. The summed E-state index contributed by atoms with van der Waals surface area (Å²) in [7, 11) is 0. The van der Waals surface area contributed by atoms with Gasteiger partial charge in [0, 0.05) is 40.6 Å². The second-order valence-corrected chi connectivity index (χ2v) is 11.2. The molecule has 4 atom stereocenters. The summed E-state index contributed by atoms with van der Waals surface area (Å²) in [6.07, 6.45) is 5.94. The Morgan fingerprint density at radius 1 is 0.791 bits per heavy atom. The Hall–Kier alpha value is -4.33. The SMILES string of the molecule is CSCCC(NC(=O)C(N)Cc1c[nH]c2ccccc12)C(=O)NC(Cc1c[nH]c2ccccc12)C(=O)NC(CO)C(=O)O. The highest BCUT2D eigenvalue weighted by Gasteiger charge is 2.31. The Morgan fingerprint density at radius 2 is 1.30 bits per heavy atom. The van der Waals surface area contributed by atoms with Gasteiger partial charge in [0.15, 0.2) is 0 Å². The number of hydrogen-bond donors (Lipinski definition) is 8. The number of aliphatic carboxylic acids is 1. The van der Waals surface area contributed by atoms with E-state index >= 15 is 0 Å². The summed E-state index contributed by atoms with van der Waals surface area (Å²) in [4.78, 5) is 57.7. The number of carboxylic acid groups (broad SMARTS) is 1. The van der Waals surface area contributed by atoms with E-state index in [0.29, 0.717) is 5.75 Å². The Kier molecular flexibility index (Phi) is 10.8. The molecular formula is C30H36N6O6S. The largest absolute Gasteiger partial charge is 0.480 e. The molecule has 9 N–H and O–H groups in total. The fourth-order valence-corrected chi connectivity index (χ4v) is 5.34. The van der Waals surface area contributed by atoms with Crippen molar-refractivity contribution in [2.24, 2.45) is 5.73 Å². The molecule has 0 spiro atoms. The van der Waals surface area contributed by atoms with E-state index in [0.717, 1.165) is 32.9 Å². The van der Waals surface area contributed by atoms with Crippen molar-refractivity contribution in [1.29, 1.82) is 0 Å². The minimum Gasteiger partial charge on any atom is -0.480 e. The summed E-state index contributed by atoms with van der Waals surface area (Å²) in [5, 5.41) is 28.3. The third-order valence-electron chi connectivity index (χ3n) is 7.22. The smallest absolute Gasteiger partial charge is 0.328 e. The summed E-state index contributed by atoms with van der Waals surface area (Å²) < 4.78 is 0. The number of hydrogen-bond acceptors (Lipinski definition) is 7. The molecule has 4 unspecified atom stereocenters. The standard InChI is InChI=1S/C30H36N6O6S/c1-43-11-10-24(34-27(38)21(31)12-17-14-32-22-8-4-2-6-19(17)22)28(39)35-25(29(40)36-26(16-37)30(41)42)13-18-15-33-23-9-5-3-7-20(18)23/h2-9,14-15,21,24-26,32-33,37H,10-13,16,31H2,1H3,(H,34,38)(H,35,39)(H,36,40)(H,41,42). The quantitative estimate of drug-likeness (QED) is 0.0978. The first-order valence-corrected chi connectivity index (χ1v) is 15.2. The predicted molar refractivity (Wildman–Crippen MR) is 165 cm³/mol. The molecule has 0 radical (unpaired) electrons. The van der Waals surface area contributed by atoms with Crippen molar-refractivity contribution < 1.29 is 29.4 Å². The van der Waals surface area contributed by atoms with Gasteiger partial charge in [-0.2, -0.15) is 11.8 Å². The van der Waals surface area contributed by atoms with E-state index in [1.165, 1.54) is 11.8 Å². The second-order valence-electron chi connectivity index (χ2n) is 10.2. The van der Waals surface area contributed by atoms with Crippen LogP contribution in [0.3, 0.4) is 0 Å². The van der Waals surface area contributed by atoms with E-state index in [1.807, 2.05) is 54.8 Å². The van der Waals surface area contributed by atoms with Gasteiger partial charge in [0.2, 0.25) is 17.7 Å². The molecule has 0 saturated heterocycles. The number of nitrogens with one attached hydrogen (secondary N) is 5. The highest BCUT2D eigenvalue weighted by molar-refractivity contribution is 7.98. The van der Waals surface area contributed by atoms with E-state index in [2.05, 4.69) is 25.9 Å². The summed E-state index contributed by atoms with van der Waals surface area (Å²) >= 11 is 1.49. The molecule has 0 aliphatic rings. The summed E-state index contributed by atoms with van der Waals surface area (Å²) in [5.41, 5.74) is 9.60. The minimum atomic E-state index is -1.55. The molecule has 4 rings (SSSR count). The lowest BCUT2D eigenvalue weighted by atomic mass is 10.0. The number of aliphatic hydroxyl groups excluding tert-OH is 1. The van der Waals surface area contributed by atoms with Crippen LogP contribution in [0.1, 0.15) is 17.5 Å². The third-order valence-corrected chi connectivity index (χ3v) is 7.87. The summed E-state index contributed by atoms with van der Waals surface area (Å²) in [6.45, 7) is -0.824. The normalized spacial score (nSPS) is 14.1. The van der Waals surface area contributed by atoms with Crippen LogP contribution in [0.2, 0.25) is 0 Å². The Bertz CT molecular complexity index is 1590. The molecule has 43 heavy (non-hydrogen) atoms. The lowest BCUT2D eigenvalue weighted by molar-refractivity contribution is -0.143. The van der Waals surface area contributed by atoms with Crippen molar-refractivity contribution in [3.63, 3.8) is 0 Å². The van der Waals surface area contributed by atoms with Gasteiger partial charge < -0.3 is 41.9 Å². The van der Waals surface area contributed by atoms with E-state index in [-0.39, 0.29) is 19.3 Å². The second kappa shape index (κ2) is 14.7. The first kappa shape index (κ1) is 31.6. The van der Waals surface area contributed by atoms with Crippen LogP contribution >= 0.6 is 11.8 Å². The molecule has 13 heteroatoms. The number of para-hydroxylation sites is 2. The van der Waals surface area contributed by atoms with Crippen molar-refractivity contribution in [3.05, 3.63) is 72.1 Å². The van der Waals surface area contributed by atoms with Gasteiger partial charge >= 0.3 is 5.97 Å². The van der Waals surface area contributed by atoms with Crippen molar-refractivity contribution in [3.8, 4) is 0 Å². The van der Waals surface area contributed by atoms with Crippen molar-refractivity contribution >= 4 is 57.3 Å². The Labute approximate surface area is 252 Å². The number of carbonyl (C=O) groups is 4. The Morgan fingerprint density at radius 3 is 1.86 bits per heavy atom. The molecule has 0 aliphatic heterocycles. The number of H-pyrrole nitrogens is 2. The number of benzene rings is 2. The van der Waals surface area contributed by atoms with Crippen molar-refractivity contribution in [2.75, 3.05) is 18.6 Å². The van der Waals surface area contributed by atoms with Crippen LogP contribution in [0.25, 0.3) is 21.8 Å². The maximum Gasteiger partial charge on any atom is 0.328 e. The first-order chi connectivity index (χ1) is 20.7. The molecule has 4 aromatic rings. The number of amides is 3. The zero-order chi connectivity index (χ0) is 30.9. The zero-order valence-corrected chi connectivity index (χ0v) is 24.4. The molecule has 12 nitrogen and oxygen atoms in total. The van der Waals surface area contributed by atoms with Gasteiger partial charge in [-0.3, -0.25) is 14.4 Å². The van der Waals surface area contributed by atoms with Gasteiger partial charge in [-0.05, 0) is 48.1 Å². The number of aromatic nitrogens is 2. The molecule has 2 heterocycles. The van der Waals surface area contributed by atoms with Crippen molar-refractivity contribution in [1.82, 2.24) is 25.9 Å². The monoisotopic (exact) mass is 608 g/mol. The Balaban J connectivity index is 1.50. The maximum absolute atomic E-state index is 13.6. The molecule has 228 valence electrons. The highest BCUT2D eigenvalue weighted by Crippen LogP contribution is 2.20. The lowest BCUT2D eigenvalue weighted by Gasteiger charge is -2.25. The third kappa shape index (κ3) is 7.95. The number of aromatic amines is 2. The molecule has 2 aromatic carbocycles. The number of carboxylic acids is 1. The van der Waals surface area contributed by atoms with Gasteiger partial charge in [0.05, 0.1) is 12.6 Å². The number of fused-ring (bicyclic) bond motifs is 2. The minimum absolute atomic E-state index is 0.0304. The summed E-state index contributed by atoms with van der Waals surface area (Å²) in [6, 6.07) is 10.4. The first-order valence-electron chi connectivity index (χ1n) is 13.8. The highest BCUT2D eigenvalue weighted by atomic mass is 32.2. The molecule has 0 fully saturated rings. The van der Waals surface area contributed by atoms with Gasteiger partial charge in [-0.15, -0.1) is 0 Å². The van der Waals surface area contributed by atoms with Crippen LogP contribution in [0.4, 0.5) is 0 Å². The van der Waals surface area contributed by atoms with Crippen LogP contribution in [0.15, 0.2) is 60.9 Å². The fraction of sp³-hybridized carbons (Fsp3) is 0.333. The van der Waals surface area contributed by atoms with E-state index in [9.17, 15) is 29.4 Å². The predicted octanol–water partition coefficient (Wildman–Crippen LogP) is 1.05. The van der Waals surface area contributed by atoms with Crippen LogP contribution in [0.5, 0.6) is 0 Å².